The molecule has 20 heavy (non-hydrogen) atoms. The minimum Gasteiger partial charge on any atom is -0.362 e. The maximum Gasteiger partial charge on any atom is 0.438 e. The van der Waals surface area contributed by atoms with Gasteiger partial charge >= 0.3 is 6.18 Å². The van der Waals surface area contributed by atoms with Crippen LogP contribution in [-0.4, -0.2) is 22.7 Å². The van der Waals surface area contributed by atoms with Gasteiger partial charge in [0.2, 0.25) is 0 Å². The third-order valence-corrected chi connectivity index (χ3v) is 3.14. The Morgan fingerprint density at radius 2 is 1.90 bits per heavy atom. The first-order chi connectivity index (χ1) is 9.24. The fourth-order valence-electron chi connectivity index (χ4n) is 2.26. The van der Waals surface area contributed by atoms with Gasteiger partial charge in [-0.25, -0.2) is 5.01 Å². The van der Waals surface area contributed by atoms with Crippen LogP contribution in [-0.2, 0) is 0 Å². The molecule has 1 aromatic rings. The highest BCUT2D eigenvalue weighted by atomic mass is 19.4. The number of nitrogens with zero attached hydrogens (tertiary/aromatic N) is 2. The molecule has 0 fully saturated rings. The van der Waals surface area contributed by atoms with Crippen molar-refractivity contribution in [2.45, 2.75) is 38.6 Å². The average Bonchev–Trinajstić information content (AvgIpc) is 2.67. The van der Waals surface area contributed by atoms with Crippen molar-refractivity contribution in [1.82, 2.24) is 0 Å². The van der Waals surface area contributed by atoms with E-state index in [1.165, 1.54) is 12.1 Å². The van der Waals surface area contributed by atoms with Crippen molar-refractivity contribution in [3.8, 4) is 0 Å². The van der Waals surface area contributed by atoms with Gasteiger partial charge in [-0.2, -0.15) is 18.3 Å². The van der Waals surface area contributed by atoms with Gasteiger partial charge in [-0.3, -0.25) is 0 Å². The maximum atomic E-state index is 13.2. The molecule has 2 rings (SSSR count). The van der Waals surface area contributed by atoms with Gasteiger partial charge in [-0.05, 0) is 24.5 Å². The molecule has 0 aliphatic carbocycles. The molecular weight excluding hydrogens is 269 g/mol. The normalized spacial score (nSPS) is 23.4. The summed E-state index contributed by atoms with van der Waals surface area (Å²) in [6, 6.07) is 7.92. The van der Waals surface area contributed by atoms with Gasteiger partial charge in [0.15, 0.2) is 0 Å². The van der Waals surface area contributed by atoms with Gasteiger partial charge in [0.25, 0.3) is 5.72 Å². The summed E-state index contributed by atoms with van der Waals surface area (Å²) < 4.78 is 39.7. The maximum absolute atomic E-state index is 13.2. The van der Waals surface area contributed by atoms with E-state index in [-0.39, 0.29) is 11.6 Å². The Hall–Kier alpha value is -1.56. The Labute approximate surface area is 115 Å². The topological polar surface area (TPSA) is 35.8 Å². The van der Waals surface area contributed by atoms with Gasteiger partial charge < -0.3 is 5.11 Å². The van der Waals surface area contributed by atoms with E-state index >= 15 is 0 Å². The van der Waals surface area contributed by atoms with Gasteiger partial charge in [0.1, 0.15) is 0 Å². The second kappa shape index (κ2) is 5.09. The molecule has 1 N–H and O–H groups in total. The SMILES string of the molecule is CC(C)CC1=NN(c2ccccc2)C(O)(C(F)(F)F)C1. The molecule has 1 aliphatic heterocycles. The zero-order chi connectivity index (χ0) is 15.0. The number of hydrazone groups is 1. The lowest BCUT2D eigenvalue weighted by Crippen LogP contribution is -2.55. The highest BCUT2D eigenvalue weighted by molar-refractivity contribution is 5.89. The number of aliphatic hydroxyl groups is 1. The summed E-state index contributed by atoms with van der Waals surface area (Å²) in [7, 11) is 0. The number of hydrogen-bond acceptors (Lipinski definition) is 3. The average molecular weight is 286 g/mol. The second-order valence-corrected chi connectivity index (χ2v) is 5.40. The molecule has 1 aromatic carbocycles. The first-order valence-electron chi connectivity index (χ1n) is 6.45. The Balaban J connectivity index is 2.39. The zero-order valence-electron chi connectivity index (χ0n) is 11.4. The van der Waals surface area contributed by atoms with Crippen LogP contribution in [0.25, 0.3) is 0 Å². The summed E-state index contributed by atoms with van der Waals surface area (Å²) in [5, 5.41) is 14.8. The molecule has 0 aromatic heterocycles. The monoisotopic (exact) mass is 286 g/mol. The molecule has 0 spiro atoms. The van der Waals surface area contributed by atoms with Crippen molar-refractivity contribution in [2.75, 3.05) is 5.01 Å². The molecule has 1 atom stereocenters. The number of alkyl halides is 3. The summed E-state index contributed by atoms with van der Waals surface area (Å²) >= 11 is 0. The molecule has 0 radical (unpaired) electrons. The van der Waals surface area contributed by atoms with Crippen molar-refractivity contribution < 1.29 is 18.3 Å². The van der Waals surface area contributed by atoms with E-state index in [2.05, 4.69) is 5.10 Å². The molecule has 6 heteroatoms. The molecule has 0 bridgehead atoms. The number of anilines is 1. The fraction of sp³-hybridized carbons (Fsp3) is 0.500. The zero-order valence-corrected chi connectivity index (χ0v) is 11.4. The smallest absolute Gasteiger partial charge is 0.362 e. The Bertz CT molecular complexity index is 499. The molecule has 1 aliphatic rings. The van der Waals surface area contributed by atoms with Crippen molar-refractivity contribution >= 4 is 11.4 Å². The molecule has 0 saturated heterocycles. The minimum absolute atomic E-state index is 0.182. The third-order valence-electron chi connectivity index (χ3n) is 3.14. The number of rotatable bonds is 3. The highest BCUT2D eigenvalue weighted by Crippen LogP contribution is 2.43. The van der Waals surface area contributed by atoms with Crippen molar-refractivity contribution in [3.63, 3.8) is 0 Å². The van der Waals surface area contributed by atoms with Crippen LogP contribution in [0.2, 0.25) is 0 Å². The van der Waals surface area contributed by atoms with E-state index in [4.69, 9.17) is 0 Å². The van der Waals surface area contributed by atoms with Gasteiger partial charge in [-0.1, -0.05) is 32.0 Å². The lowest BCUT2D eigenvalue weighted by molar-refractivity contribution is -0.254. The van der Waals surface area contributed by atoms with Gasteiger partial charge in [0.05, 0.1) is 5.69 Å². The summed E-state index contributed by atoms with van der Waals surface area (Å²) in [6.07, 6.45) is -4.85. The van der Waals surface area contributed by atoms with Crippen LogP contribution >= 0.6 is 0 Å². The van der Waals surface area contributed by atoms with Crippen LogP contribution in [0.3, 0.4) is 0 Å². The molecule has 110 valence electrons. The fourth-order valence-corrected chi connectivity index (χ4v) is 2.26. The van der Waals surface area contributed by atoms with Crippen LogP contribution in [0.1, 0.15) is 26.7 Å². The van der Waals surface area contributed by atoms with E-state index in [1.807, 2.05) is 13.8 Å². The quantitative estimate of drug-likeness (QED) is 0.922. The van der Waals surface area contributed by atoms with Crippen LogP contribution in [0.15, 0.2) is 35.4 Å². The van der Waals surface area contributed by atoms with Crippen molar-refractivity contribution in [3.05, 3.63) is 30.3 Å². The lowest BCUT2D eigenvalue weighted by Gasteiger charge is -2.34. The lowest BCUT2D eigenvalue weighted by atomic mass is 9.99. The number of hydrogen-bond donors (Lipinski definition) is 1. The van der Waals surface area contributed by atoms with Crippen LogP contribution in [0.5, 0.6) is 0 Å². The Morgan fingerprint density at radius 1 is 1.30 bits per heavy atom. The van der Waals surface area contributed by atoms with E-state index in [9.17, 15) is 18.3 Å². The van der Waals surface area contributed by atoms with Crippen LogP contribution in [0, 0.1) is 5.92 Å². The summed E-state index contributed by atoms with van der Waals surface area (Å²) in [5.41, 5.74) is -2.37. The standard InChI is InChI=1S/C14H17F3N2O/c1-10(2)8-11-9-13(20,14(15,16)17)19(18-11)12-6-4-3-5-7-12/h3-7,10,20H,8-9H2,1-2H3. The first kappa shape index (κ1) is 14.8. The highest BCUT2D eigenvalue weighted by Gasteiger charge is 2.61. The van der Waals surface area contributed by atoms with Crippen LogP contribution < -0.4 is 5.01 Å². The predicted octanol–water partition coefficient (Wildman–Crippen LogP) is 3.55. The van der Waals surface area contributed by atoms with Gasteiger partial charge in [-0.15, -0.1) is 0 Å². The third kappa shape index (κ3) is 2.65. The number of halogens is 3. The number of para-hydroxylation sites is 1. The Kier molecular flexibility index (Phi) is 3.77. The predicted molar refractivity (Wildman–Crippen MR) is 71.4 cm³/mol. The van der Waals surface area contributed by atoms with Crippen LogP contribution in [0.4, 0.5) is 18.9 Å². The van der Waals surface area contributed by atoms with E-state index in [0.29, 0.717) is 17.1 Å². The molecule has 3 nitrogen and oxygen atoms in total. The van der Waals surface area contributed by atoms with Gasteiger partial charge in [0, 0.05) is 12.1 Å². The summed E-state index contributed by atoms with van der Waals surface area (Å²) in [4.78, 5) is 0. The molecule has 0 amide bonds. The first-order valence-corrected chi connectivity index (χ1v) is 6.45. The summed E-state index contributed by atoms with van der Waals surface area (Å²) in [5.74, 6) is 0.182. The van der Waals surface area contributed by atoms with E-state index in [1.54, 1.807) is 18.2 Å². The van der Waals surface area contributed by atoms with E-state index in [0.717, 1.165) is 0 Å². The molecule has 1 heterocycles. The van der Waals surface area contributed by atoms with E-state index < -0.39 is 18.3 Å². The molecule has 0 saturated carbocycles. The van der Waals surface area contributed by atoms with Crippen molar-refractivity contribution in [1.29, 1.82) is 0 Å². The minimum atomic E-state index is -4.77. The van der Waals surface area contributed by atoms with Crippen molar-refractivity contribution in [2.24, 2.45) is 11.0 Å². The largest absolute Gasteiger partial charge is 0.438 e. The Morgan fingerprint density at radius 3 is 2.40 bits per heavy atom. The number of benzene rings is 1. The second-order valence-electron chi connectivity index (χ2n) is 5.40. The molecular formula is C14H17F3N2O. The summed E-state index contributed by atoms with van der Waals surface area (Å²) in [6.45, 7) is 3.81. The molecule has 1 unspecified atom stereocenters.